The Labute approximate surface area is 129 Å². The van der Waals surface area contributed by atoms with Crippen molar-refractivity contribution in [3.63, 3.8) is 0 Å². The van der Waals surface area contributed by atoms with Crippen LogP contribution in [0.5, 0.6) is 0 Å². The van der Waals surface area contributed by atoms with Crippen LogP contribution in [0.15, 0.2) is 34.8 Å². The summed E-state index contributed by atoms with van der Waals surface area (Å²) in [5.41, 5.74) is 1.66. The molecule has 7 heteroatoms. The molecule has 0 amide bonds. The largest absolute Gasteiger partial charge is 0.315 e. The number of thiophene rings is 1. The van der Waals surface area contributed by atoms with Crippen molar-refractivity contribution in [3.05, 3.63) is 45.9 Å². The van der Waals surface area contributed by atoms with E-state index in [2.05, 4.69) is 15.0 Å². The van der Waals surface area contributed by atoms with E-state index in [-0.39, 0.29) is 6.04 Å². The highest BCUT2D eigenvalue weighted by molar-refractivity contribution is 7.89. The van der Waals surface area contributed by atoms with Crippen LogP contribution in [0.3, 0.4) is 0 Å². The molecule has 0 fully saturated rings. The normalized spacial score (nSPS) is 13.3. The number of hydrogen-bond acceptors (Lipinski definition) is 5. The Morgan fingerprint density at radius 3 is 2.62 bits per heavy atom. The summed E-state index contributed by atoms with van der Waals surface area (Å²) in [6.07, 6.45) is 3.31. The van der Waals surface area contributed by atoms with Crippen LogP contribution in [0.1, 0.15) is 29.0 Å². The molecule has 1 unspecified atom stereocenters. The zero-order valence-electron chi connectivity index (χ0n) is 12.3. The molecule has 0 radical (unpaired) electrons. The second kappa shape index (κ2) is 6.65. The molecule has 0 aromatic carbocycles. The molecule has 0 saturated carbocycles. The van der Waals surface area contributed by atoms with Gasteiger partial charge in [-0.1, -0.05) is 0 Å². The van der Waals surface area contributed by atoms with E-state index < -0.39 is 10.0 Å². The second-order valence-corrected chi connectivity index (χ2v) is 7.44. The standard InChI is InChI=1S/C14H19N3O2S2/c1-10-9-20-13(8-15-3)14(10)21(18,19)17-11(2)12-4-6-16-7-5-12/h4-7,9,11,15,17H,8H2,1-3H3. The van der Waals surface area contributed by atoms with Gasteiger partial charge in [-0.3, -0.25) is 4.98 Å². The first kappa shape index (κ1) is 16.1. The Hall–Kier alpha value is -1.28. The minimum absolute atomic E-state index is 0.306. The van der Waals surface area contributed by atoms with E-state index in [9.17, 15) is 8.42 Å². The van der Waals surface area contributed by atoms with Gasteiger partial charge in [0.15, 0.2) is 0 Å². The molecule has 2 aromatic rings. The molecule has 114 valence electrons. The molecule has 1 atom stereocenters. The number of pyridine rings is 1. The molecule has 21 heavy (non-hydrogen) atoms. The van der Waals surface area contributed by atoms with Crippen molar-refractivity contribution >= 4 is 21.4 Å². The summed E-state index contributed by atoms with van der Waals surface area (Å²) in [7, 11) is -1.74. The lowest BCUT2D eigenvalue weighted by Crippen LogP contribution is -2.28. The molecular formula is C14H19N3O2S2. The molecule has 0 bridgehead atoms. The SMILES string of the molecule is CNCc1scc(C)c1S(=O)(=O)NC(C)c1ccncc1. The molecule has 2 heterocycles. The Balaban J connectivity index is 2.29. The van der Waals surface area contributed by atoms with Gasteiger partial charge in [-0.15, -0.1) is 11.3 Å². The van der Waals surface area contributed by atoms with Crippen molar-refractivity contribution in [1.82, 2.24) is 15.0 Å². The number of rotatable bonds is 6. The van der Waals surface area contributed by atoms with Crippen LogP contribution in [0.2, 0.25) is 0 Å². The van der Waals surface area contributed by atoms with Crippen molar-refractivity contribution in [2.24, 2.45) is 0 Å². The Bertz CT molecular complexity index is 696. The van der Waals surface area contributed by atoms with E-state index >= 15 is 0 Å². The topological polar surface area (TPSA) is 71.1 Å². The van der Waals surface area contributed by atoms with Gasteiger partial charge in [-0.2, -0.15) is 0 Å². The zero-order chi connectivity index (χ0) is 15.5. The third-order valence-electron chi connectivity index (χ3n) is 3.13. The lowest BCUT2D eigenvalue weighted by Gasteiger charge is -2.15. The van der Waals surface area contributed by atoms with E-state index in [1.54, 1.807) is 19.4 Å². The van der Waals surface area contributed by atoms with Crippen molar-refractivity contribution in [2.45, 2.75) is 31.3 Å². The van der Waals surface area contributed by atoms with Crippen LogP contribution in [0, 0.1) is 6.92 Å². The van der Waals surface area contributed by atoms with Crippen LogP contribution in [-0.2, 0) is 16.6 Å². The predicted octanol–water partition coefficient (Wildman–Crippen LogP) is 2.21. The lowest BCUT2D eigenvalue weighted by molar-refractivity contribution is 0.565. The van der Waals surface area contributed by atoms with E-state index in [4.69, 9.17) is 0 Å². The van der Waals surface area contributed by atoms with Gasteiger partial charge in [0.2, 0.25) is 10.0 Å². The van der Waals surface area contributed by atoms with Gasteiger partial charge in [0.25, 0.3) is 0 Å². The molecule has 0 aliphatic carbocycles. The van der Waals surface area contributed by atoms with Crippen LogP contribution < -0.4 is 10.0 Å². The number of aryl methyl sites for hydroxylation is 1. The highest BCUT2D eigenvalue weighted by Crippen LogP contribution is 2.28. The van der Waals surface area contributed by atoms with E-state index in [0.29, 0.717) is 11.4 Å². The maximum Gasteiger partial charge on any atom is 0.242 e. The first-order chi connectivity index (χ1) is 9.95. The number of nitrogens with zero attached hydrogens (tertiary/aromatic N) is 1. The summed E-state index contributed by atoms with van der Waals surface area (Å²) < 4.78 is 28.0. The predicted molar refractivity (Wildman–Crippen MR) is 84.8 cm³/mol. The Morgan fingerprint density at radius 1 is 1.33 bits per heavy atom. The highest BCUT2D eigenvalue weighted by Gasteiger charge is 2.24. The Morgan fingerprint density at radius 2 is 2.00 bits per heavy atom. The van der Waals surface area contributed by atoms with Gasteiger partial charge in [0.1, 0.15) is 4.90 Å². The minimum atomic E-state index is -3.55. The van der Waals surface area contributed by atoms with Gasteiger partial charge < -0.3 is 5.32 Å². The third kappa shape index (κ3) is 3.68. The van der Waals surface area contributed by atoms with E-state index in [0.717, 1.165) is 16.0 Å². The lowest BCUT2D eigenvalue weighted by atomic mass is 10.1. The second-order valence-electron chi connectivity index (χ2n) is 4.82. The quantitative estimate of drug-likeness (QED) is 0.854. The van der Waals surface area contributed by atoms with E-state index in [1.165, 1.54) is 11.3 Å². The van der Waals surface area contributed by atoms with Gasteiger partial charge in [-0.05, 0) is 49.5 Å². The number of aromatic nitrogens is 1. The molecule has 0 saturated heterocycles. The molecule has 2 N–H and O–H groups in total. The molecule has 5 nitrogen and oxygen atoms in total. The van der Waals surface area contributed by atoms with Crippen LogP contribution in [0.4, 0.5) is 0 Å². The summed E-state index contributed by atoms with van der Waals surface area (Å²) in [5, 5.41) is 4.88. The first-order valence-electron chi connectivity index (χ1n) is 6.59. The van der Waals surface area contributed by atoms with Crippen molar-refractivity contribution < 1.29 is 8.42 Å². The highest BCUT2D eigenvalue weighted by atomic mass is 32.2. The molecule has 0 aliphatic rings. The van der Waals surface area contributed by atoms with E-state index in [1.807, 2.05) is 31.4 Å². The number of hydrogen-bond donors (Lipinski definition) is 2. The molecule has 2 aromatic heterocycles. The van der Waals surface area contributed by atoms with Crippen molar-refractivity contribution in [1.29, 1.82) is 0 Å². The smallest absolute Gasteiger partial charge is 0.242 e. The van der Waals surface area contributed by atoms with Gasteiger partial charge in [-0.25, -0.2) is 13.1 Å². The average molecular weight is 325 g/mol. The summed E-state index contributed by atoms with van der Waals surface area (Å²) in [5.74, 6) is 0. The van der Waals surface area contributed by atoms with Crippen molar-refractivity contribution in [3.8, 4) is 0 Å². The fraction of sp³-hybridized carbons (Fsp3) is 0.357. The monoisotopic (exact) mass is 325 g/mol. The molecule has 0 spiro atoms. The zero-order valence-corrected chi connectivity index (χ0v) is 13.9. The summed E-state index contributed by atoms with van der Waals surface area (Å²) in [6, 6.07) is 3.31. The van der Waals surface area contributed by atoms with Crippen molar-refractivity contribution in [2.75, 3.05) is 7.05 Å². The molecular weight excluding hydrogens is 306 g/mol. The summed E-state index contributed by atoms with van der Waals surface area (Å²) >= 11 is 1.46. The number of nitrogens with one attached hydrogen (secondary N) is 2. The summed E-state index contributed by atoms with van der Waals surface area (Å²) in [4.78, 5) is 5.16. The van der Waals surface area contributed by atoms with Gasteiger partial charge in [0.05, 0.1) is 0 Å². The fourth-order valence-corrected chi connectivity index (χ4v) is 5.20. The van der Waals surface area contributed by atoms with Crippen LogP contribution in [-0.4, -0.2) is 20.4 Å². The maximum atomic E-state index is 12.6. The molecule has 2 rings (SSSR count). The van der Waals surface area contributed by atoms with Gasteiger partial charge in [0, 0.05) is 29.9 Å². The Kier molecular flexibility index (Phi) is 5.10. The maximum absolute atomic E-state index is 12.6. The van der Waals surface area contributed by atoms with Gasteiger partial charge >= 0.3 is 0 Å². The van der Waals surface area contributed by atoms with Crippen LogP contribution >= 0.6 is 11.3 Å². The third-order valence-corrected chi connectivity index (χ3v) is 6.14. The number of sulfonamides is 1. The summed E-state index contributed by atoms with van der Waals surface area (Å²) in [6.45, 7) is 4.19. The average Bonchev–Trinajstić information content (AvgIpc) is 2.81. The fourth-order valence-electron chi connectivity index (χ4n) is 2.14. The van der Waals surface area contributed by atoms with Crippen LogP contribution in [0.25, 0.3) is 0 Å². The first-order valence-corrected chi connectivity index (χ1v) is 8.96. The molecule has 0 aliphatic heterocycles. The minimum Gasteiger partial charge on any atom is -0.315 e.